The third-order valence-electron chi connectivity index (χ3n) is 1.61. The van der Waals surface area contributed by atoms with Gasteiger partial charge in [-0.2, -0.15) is 0 Å². The zero-order valence-electron chi connectivity index (χ0n) is 8.34. The van der Waals surface area contributed by atoms with E-state index in [-0.39, 0.29) is 0 Å². The minimum Gasteiger partial charge on any atom is -0.362 e. The van der Waals surface area contributed by atoms with Crippen molar-refractivity contribution in [1.82, 2.24) is 0 Å². The molecule has 0 aliphatic heterocycles. The molecule has 0 aliphatic rings. The molecule has 0 saturated carbocycles. The van der Waals surface area contributed by atoms with E-state index in [1.54, 1.807) is 0 Å². The third kappa shape index (κ3) is 7.32. The Bertz CT molecular complexity index is 150. The van der Waals surface area contributed by atoms with Gasteiger partial charge in [-0.05, 0) is 32.8 Å². The average molecular weight is 169 g/mol. The molecular weight excluding hydrogens is 150 g/mol. The Hall–Kier alpha value is -0.790. The van der Waals surface area contributed by atoms with E-state index >= 15 is 0 Å². The lowest BCUT2D eigenvalue weighted by Crippen LogP contribution is -1.81. The van der Waals surface area contributed by atoms with Gasteiger partial charge in [-0.3, -0.25) is 0 Å². The van der Waals surface area contributed by atoms with Crippen molar-refractivity contribution in [3.05, 3.63) is 11.8 Å². The second kappa shape index (κ2) is 8.31. The van der Waals surface area contributed by atoms with Gasteiger partial charge in [0.1, 0.15) is 5.76 Å². The molecule has 2 nitrogen and oxygen atoms in total. The summed E-state index contributed by atoms with van der Waals surface area (Å²) in [6, 6.07) is 0. The Morgan fingerprint density at radius 1 is 1.42 bits per heavy atom. The molecule has 0 saturated heterocycles. The third-order valence-corrected chi connectivity index (χ3v) is 1.61. The Labute approximate surface area is 75.3 Å². The van der Waals surface area contributed by atoms with Crippen LogP contribution >= 0.6 is 0 Å². The number of oxime groups is 1. The highest BCUT2D eigenvalue weighted by molar-refractivity contribution is 5.56. The summed E-state index contributed by atoms with van der Waals surface area (Å²) in [4.78, 5) is 5.00. The van der Waals surface area contributed by atoms with Crippen LogP contribution in [0.3, 0.4) is 0 Å². The van der Waals surface area contributed by atoms with Crippen LogP contribution in [0.4, 0.5) is 0 Å². The molecule has 0 radical (unpaired) electrons. The highest BCUT2D eigenvalue weighted by atomic mass is 16.6. The molecule has 0 fully saturated rings. The quantitative estimate of drug-likeness (QED) is 0.258. The number of rotatable bonds is 6. The van der Waals surface area contributed by atoms with Crippen molar-refractivity contribution < 1.29 is 4.84 Å². The average Bonchev–Trinajstić information content (AvgIpc) is 2.10. The first-order chi connectivity index (χ1) is 5.81. The molecule has 0 bridgehead atoms. The Morgan fingerprint density at radius 3 is 2.75 bits per heavy atom. The maximum atomic E-state index is 5.00. The normalized spacial score (nSPS) is 12.4. The van der Waals surface area contributed by atoms with Crippen LogP contribution in [0.2, 0.25) is 0 Å². The maximum Gasteiger partial charge on any atom is 0.127 e. The van der Waals surface area contributed by atoms with E-state index in [9.17, 15) is 0 Å². The van der Waals surface area contributed by atoms with Crippen molar-refractivity contribution in [2.75, 3.05) is 0 Å². The Kier molecular flexibility index (Phi) is 7.76. The fourth-order valence-electron chi connectivity index (χ4n) is 0.711. The van der Waals surface area contributed by atoms with E-state index in [2.05, 4.69) is 12.1 Å². The summed E-state index contributed by atoms with van der Waals surface area (Å²) in [6.07, 6.45) is 8.48. The van der Waals surface area contributed by atoms with E-state index in [0.29, 0.717) is 0 Å². The summed E-state index contributed by atoms with van der Waals surface area (Å²) < 4.78 is 0. The fourth-order valence-corrected chi connectivity index (χ4v) is 0.711. The molecule has 0 aromatic carbocycles. The summed E-state index contributed by atoms with van der Waals surface area (Å²) in [7, 11) is 0. The Balaban J connectivity index is 3.25. The van der Waals surface area contributed by atoms with Crippen molar-refractivity contribution in [1.29, 1.82) is 0 Å². The second-order valence-electron chi connectivity index (χ2n) is 2.77. The van der Waals surface area contributed by atoms with Gasteiger partial charge in [0.05, 0.1) is 0 Å². The van der Waals surface area contributed by atoms with Crippen LogP contribution in [0.25, 0.3) is 0 Å². The van der Waals surface area contributed by atoms with Crippen LogP contribution in [0.15, 0.2) is 17.0 Å². The lowest BCUT2D eigenvalue weighted by atomic mass is 10.2. The van der Waals surface area contributed by atoms with Gasteiger partial charge in [-0.25, -0.2) is 0 Å². The summed E-state index contributed by atoms with van der Waals surface area (Å²) in [5.41, 5.74) is 0. The molecule has 0 aromatic heterocycles. The fraction of sp³-hybridized carbons (Fsp3) is 0.700. The number of nitrogens with zero attached hydrogens (tertiary/aromatic N) is 1. The monoisotopic (exact) mass is 169 g/mol. The summed E-state index contributed by atoms with van der Waals surface area (Å²) >= 11 is 0. The van der Waals surface area contributed by atoms with Crippen molar-refractivity contribution in [3.63, 3.8) is 0 Å². The highest BCUT2D eigenvalue weighted by Gasteiger charge is 1.84. The van der Waals surface area contributed by atoms with E-state index < -0.39 is 0 Å². The zero-order valence-corrected chi connectivity index (χ0v) is 8.34. The number of unbranched alkanes of at least 4 members (excludes halogenated alkanes) is 3. The Morgan fingerprint density at radius 2 is 2.17 bits per heavy atom. The van der Waals surface area contributed by atoms with Crippen LogP contribution in [0.1, 0.15) is 46.5 Å². The molecule has 0 heterocycles. The predicted molar refractivity (Wildman–Crippen MR) is 53.2 cm³/mol. The standard InChI is InChI=1S/C10H19NO/c1-4-6-7-8-9-11-12-10(3)5-2/h5,9H,4,6-8H2,1-3H3/b10-5-,11-9-. The number of hydrogen-bond donors (Lipinski definition) is 0. The summed E-state index contributed by atoms with van der Waals surface area (Å²) in [5.74, 6) is 0.849. The number of allylic oxidation sites excluding steroid dienone is 2. The van der Waals surface area contributed by atoms with Gasteiger partial charge in [-0.15, -0.1) is 0 Å². The SMILES string of the molecule is C/C=C(/C)O/N=C\CCCCC. The van der Waals surface area contributed by atoms with Crippen LogP contribution < -0.4 is 0 Å². The smallest absolute Gasteiger partial charge is 0.127 e. The van der Waals surface area contributed by atoms with Gasteiger partial charge in [0.25, 0.3) is 0 Å². The van der Waals surface area contributed by atoms with E-state index in [1.807, 2.05) is 26.1 Å². The largest absolute Gasteiger partial charge is 0.362 e. The number of hydrogen-bond acceptors (Lipinski definition) is 2. The van der Waals surface area contributed by atoms with Crippen LogP contribution in [0.5, 0.6) is 0 Å². The lowest BCUT2D eigenvalue weighted by Gasteiger charge is -1.95. The molecule has 0 unspecified atom stereocenters. The van der Waals surface area contributed by atoms with Crippen molar-refractivity contribution >= 4 is 6.21 Å². The molecule has 0 amide bonds. The van der Waals surface area contributed by atoms with Gasteiger partial charge in [0.2, 0.25) is 0 Å². The summed E-state index contributed by atoms with van der Waals surface area (Å²) in [6.45, 7) is 6.02. The molecule has 0 atom stereocenters. The first-order valence-corrected chi connectivity index (χ1v) is 4.63. The van der Waals surface area contributed by atoms with E-state index in [0.717, 1.165) is 12.2 Å². The molecule has 70 valence electrons. The van der Waals surface area contributed by atoms with Gasteiger partial charge in [0, 0.05) is 6.21 Å². The first-order valence-electron chi connectivity index (χ1n) is 4.63. The maximum absolute atomic E-state index is 5.00. The molecule has 2 heteroatoms. The molecule has 0 aliphatic carbocycles. The van der Waals surface area contributed by atoms with Gasteiger partial charge in [0.15, 0.2) is 0 Å². The molecule has 0 N–H and O–H groups in total. The second-order valence-corrected chi connectivity index (χ2v) is 2.77. The van der Waals surface area contributed by atoms with Crippen molar-refractivity contribution in [3.8, 4) is 0 Å². The molecular formula is C10H19NO. The molecule has 0 spiro atoms. The highest BCUT2D eigenvalue weighted by Crippen LogP contribution is 1.98. The van der Waals surface area contributed by atoms with Crippen molar-refractivity contribution in [2.45, 2.75) is 46.5 Å². The first kappa shape index (κ1) is 11.2. The van der Waals surface area contributed by atoms with E-state index in [4.69, 9.17) is 4.84 Å². The topological polar surface area (TPSA) is 21.6 Å². The minimum absolute atomic E-state index is 0.849. The summed E-state index contributed by atoms with van der Waals surface area (Å²) in [5, 5.41) is 3.82. The predicted octanol–water partition coefficient (Wildman–Crippen LogP) is 3.49. The minimum atomic E-state index is 0.849. The van der Waals surface area contributed by atoms with Crippen LogP contribution in [-0.2, 0) is 4.84 Å². The van der Waals surface area contributed by atoms with E-state index in [1.165, 1.54) is 19.3 Å². The van der Waals surface area contributed by atoms with Gasteiger partial charge >= 0.3 is 0 Å². The van der Waals surface area contributed by atoms with Crippen molar-refractivity contribution in [2.24, 2.45) is 5.16 Å². The molecule has 0 aromatic rings. The van der Waals surface area contributed by atoms with Gasteiger partial charge < -0.3 is 4.84 Å². The van der Waals surface area contributed by atoms with Crippen LogP contribution in [0, 0.1) is 0 Å². The van der Waals surface area contributed by atoms with Gasteiger partial charge in [-0.1, -0.05) is 24.9 Å². The molecule has 0 rings (SSSR count). The molecule has 12 heavy (non-hydrogen) atoms. The van der Waals surface area contributed by atoms with Crippen LogP contribution in [-0.4, -0.2) is 6.21 Å². The lowest BCUT2D eigenvalue weighted by molar-refractivity contribution is 0.230. The zero-order chi connectivity index (χ0) is 9.23.